The number of piperidine rings is 1. The highest BCUT2D eigenvalue weighted by atomic mass is 32.2. The Labute approximate surface area is 168 Å². The third-order valence-corrected chi connectivity index (χ3v) is 7.54. The number of hydrogen-bond acceptors (Lipinski definition) is 5. The Kier molecular flexibility index (Phi) is 8.31. The molecule has 0 spiro atoms. The van der Waals surface area contributed by atoms with Gasteiger partial charge in [-0.1, -0.05) is 27.2 Å². The van der Waals surface area contributed by atoms with Gasteiger partial charge in [-0.15, -0.1) is 0 Å². The maximum Gasteiger partial charge on any atom is 0.320 e. The van der Waals surface area contributed by atoms with E-state index in [0.717, 1.165) is 19.3 Å². The number of unbranched alkanes of at least 4 members (excludes halogenated alkanes) is 1. The van der Waals surface area contributed by atoms with Crippen LogP contribution in [0.4, 0.5) is 0 Å². The molecule has 1 N–H and O–H groups in total. The summed E-state index contributed by atoms with van der Waals surface area (Å²) in [6.07, 6.45) is 3.43. The van der Waals surface area contributed by atoms with Crippen LogP contribution in [0.1, 0.15) is 52.9 Å². The largest absolute Gasteiger partial charge is 0.494 e. The first-order valence-electron chi connectivity index (χ1n) is 10.2. The lowest BCUT2D eigenvalue weighted by Gasteiger charge is -2.36. The summed E-state index contributed by atoms with van der Waals surface area (Å²) in [5.74, 6) is 0.257. The number of sulfone groups is 1. The summed E-state index contributed by atoms with van der Waals surface area (Å²) in [7, 11) is -3.57. The SMILES string of the molecule is CCCCN1CCC(S(=O)(=O)c2ccc(OCCC(C)C)cc2)CC1C(=O)O. The molecule has 2 rings (SSSR count). The number of nitrogens with zero attached hydrogens (tertiary/aromatic N) is 1. The second-order valence-electron chi connectivity index (χ2n) is 7.94. The summed E-state index contributed by atoms with van der Waals surface area (Å²) < 4.78 is 31.7. The van der Waals surface area contributed by atoms with Gasteiger partial charge in [-0.25, -0.2) is 8.42 Å². The van der Waals surface area contributed by atoms with Crippen molar-refractivity contribution in [3.8, 4) is 5.75 Å². The van der Waals surface area contributed by atoms with Gasteiger partial charge in [0.2, 0.25) is 0 Å². The second kappa shape index (κ2) is 10.3. The van der Waals surface area contributed by atoms with E-state index in [1.807, 2.05) is 4.90 Å². The minimum atomic E-state index is -3.57. The van der Waals surface area contributed by atoms with Crippen LogP contribution >= 0.6 is 0 Å². The van der Waals surface area contributed by atoms with Gasteiger partial charge >= 0.3 is 5.97 Å². The van der Waals surface area contributed by atoms with Crippen molar-refractivity contribution in [2.75, 3.05) is 19.7 Å². The molecule has 1 aliphatic rings. The van der Waals surface area contributed by atoms with Crippen LogP contribution in [0.3, 0.4) is 0 Å². The fourth-order valence-electron chi connectivity index (χ4n) is 3.48. The van der Waals surface area contributed by atoms with E-state index < -0.39 is 27.1 Å². The standard InChI is InChI=1S/C21H33NO5S/c1-4-5-12-22-13-10-19(15-20(22)21(23)24)28(25,26)18-8-6-17(7-9-18)27-14-11-16(2)3/h6-9,16,19-20H,4-5,10-15H2,1-3H3,(H,23,24). The lowest BCUT2D eigenvalue weighted by Crippen LogP contribution is -2.50. The Balaban J connectivity index is 2.06. The van der Waals surface area contributed by atoms with Gasteiger partial charge in [-0.3, -0.25) is 9.69 Å². The normalized spacial score (nSPS) is 21.0. The highest BCUT2D eigenvalue weighted by molar-refractivity contribution is 7.92. The van der Waals surface area contributed by atoms with Crippen molar-refractivity contribution in [1.29, 1.82) is 0 Å². The number of carboxylic acid groups (broad SMARTS) is 1. The molecule has 28 heavy (non-hydrogen) atoms. The number of carboxylic acids is 1. The monoisotopic (exact) mass is 411 g/mol. The van der Waals surface area contributed by atoms with Gasteiger partial charge in [-0.2, -0.15) is 0 Å². The number of aliphatic carboxylic acids is 1. The lowest BCUT2D eigenvalue weighted by atomic mass is 10.0. The Hall–Kier alpha value is -1.60. The van der Waals surface area contributed by atoms with Crippen molar-refractivity contribution in [2.45, 2.75) is 69.1 Å². The highest BCUT2D eigenvalue weighted by Gasteiger charge is 2.39. The van der Waals surface area contributed by atoms with Gasteiger partial charge in [0.1, 0.15) is 11.8 Å². The molecule has 1 aromatic rings. The van der Waals surface area contributed by atoms with Crippen molar-refractivity contribution in [3.63, 3.8) is 0 Å². The van der Waals surface area contributed by atoms with E-state index in [-0.39, 0.29) is 11.3 Å². The van der Waals surface area contributed by atoms with Crippen LogP contribution in [0.5, 0.6) is 5.75 Å². The number of benzene rings is 1. The molecule has 1 saturated heterocycles. The number of rotatable bonds is 10. The van der Waals surface area contributed by atoms with Crippen LogP contribution in [-0.4, -0.2) is 55.4 Å². The van der Waals surface area contributed by atoms with E-state index >= 15 is 0 Å². The van der Waals surface area contributed by atoms with Crippen LogP contribution in [0.25, 0.3) is 0 Å². The van der Waals surface area contributed by atoms with Crippen LogP contribution in [0.15, 0.2) is 29.2 Å². The smallest absolute Gasteiger partial charge is 0.320 e. The van der Waals surface area contributed by atoms with Gasteiger partial charge in [0.05, 0.1) is 16.8 Å². The first-order chi connectivity index (χ1) is 13.3. The summed E-state index contributed by atoms with van der Waals surface area (Å²) >= 11 is 0. The maximum absolute atomic E-state index is 13.0. The van der Waals surface area contributed by atoms with Gasteiger partial charge in [0.25, 0.3) is 0 Å². The minimum Gasteiger partial charge on any atom is -0.494 e. The van der Waals surface area contributed by atoms with E-state index in [0.29, 0.717) is 37.8 Å². The zero-order chi connectivity index (χ0) is 20.7. The average Bonchev–Trinajstić information content (AvgIpc) is 2.66. The topological polar surface area (TPSA) is 83.9 Å². The van der Waals surface area contributed by atoms with Gasteiger partial charge in [0.15, 0.2) is 9.84 Å². The Bertz CT molecular complexity index is 730. The molecular formula is C21H33NO5S. The molecule has 2 unspecified atom stereocenters. The molecule has 1 aliphatic heterocycles. The first-order valence-corrected chi connectivity index (χ1v) is 11.7. The zero-order valence-corrected chi connectivity index (χ0v) is 18.0. The molecule has 7 heteroatoms. The molecule has 0 aliphatic carbocycles. The van der Waals surface area contributed by atoms with Crippen LogP contribution in [0, 0.1) is 5.92 Å². The molecule has 158 valence electrons. The molecule has 1 heterocycles. The van der Waals surface area contributed by atoms with Crippen molar-refractivity contribution in [2.24, 2.45) is 5.92 Å². The van der Waals surface area contributed by atoms with E-state index in [1.165, 1.54) is 0 Å². The van der Waals surface area contributed by atoms with Crippen molar-refractivity contribution < 1.29 is 23.1 Å². The molecule has 0 amide bonds. The van der Waals surface area contributed by atoms with Crippen LogP contribution in [0.2, 0.25) is 0 Å². The Morgan fingerprint density at radius 2 is 1.96 bits per heavy atom. The van der Waals surface area contributed by atoms with Crippen LogP contribution in [-0.2, 0) is 14.6 Å². The minimum absolute atomic E-state index is 0.133. The number of likely N-dealkylation sites (tertiary alicyclic amines) is 1. The fourth-order valence-corrected chi connectivity index (χ4v) is 5.23. The number of ether oxygens (including phenoxy) is 1. The zero-order valence-electron chi connectivity index (χ0n) is 17.1. The molecule has 0 aromatic heterocycles. The quantitative estimate of drug-likeness (QED) is 0.633. The maximum atomic E-state index is 13.0. The molecule has 2 atom stereocenters. The fraction of sp³-hybridized carbons (Fsp3) is 0.667. The molecule has 1 aromatic carbocycles. The van der Waals surface area contributed by atoms with Gasteiger partial charge in [0, 0.05) is 6.54 Å². The Morgan fingerprint density at radius 1 is 1.29 bits per heavy atom. The second-order valence-corrected chi connectivity index (χ2v) is 10.2. The van der Waals surface area contributed by atoms with E-state index in [1.54, 1.807) is 24.3 Å². The van der Waals surface area contributed by atoms with E-state index in [2.05, 4.69) is 20.8 Å². The Morgan fingerprint density at radius 3 is 2.54 bits per heavy atom. The van der Waals surface area contributed by atoms with Crippen molar-refractivity contribution in [1.82, 2.24) is 4.90 Å². The summed E-state index contributed by atoms with van der Waals surface area (Å²) in [4.78, 5) is 13.8. The summed E-state index contributed by atoms with van der Waals surface area (Å²) in [6, 6.07) is 5.76. The summed E-state index contributed by atoms with van der Waals surface area (Å²) in [6.45, 7) is 8.09. The molecule has 1 fully saturated rings. The number of carbonyl (C=O) groups is 1. The number of hydrogen-bond donors (Lipinski definition) is 1. The van der Waals surface area contributed by atoms with Crippen LogP contribution < -0.4 is 4.74 Å². The summed E-state index contributed by atoms with van der Waals surface area (Å²) in [5.41, 5.74) is 0. The molecule has 0 saturated carbocycles. The van der Waals surface area contributed by atoms with Gasteiger partial charge in [-0.05, 0) is 62.4 Å². The molecule has 0 bridgehead atoms. The van der Waals surface area contributed by atoms with Crippen molar-refractivity contribution >= 4 is 15.8 Å². The predicted octanol–water partition coefficient (Wildman–Crippen LogP) is 3.60. The molecular weight excluding hydrogens is 378 g/mol. The predicted molar refractivity (Wildman–Crippen MR) is 110 cm³/mol. The average molecular weight is 412 g/mol. The van der Waals surface area contributed by atoms with Gasteiger partial charge < -0.3 is 9.84 Å². The van der Waals surface area contributed by atoms with Crippen molar-refractivity contribution in [3.05, 3.63) is 24.3 Å². The molecule has 0 radical (unpaired) electrons. The highest BCUT2D eigenvalue weighted by Crippen LogP contribution is 2.29. The third kappa shape index (κ3) is 5.95. The van der Waals surface area contributed by atoms with E-state index in [4.69, 9.17) is 4.74 Å². The third-order valence-electron chi connectivity index (χ3n) is 5.30. The lowest BCUT2D eigenvalue weighted by molar-refractivity contribution is -0.144. The molecule has 6 nitrogen and oxygen atoms in total. The first kappa shape index (κ1) is 22.7. The summed E-state index contributed by atoms with van der Waals surface area (Å²) in [5, 5.41) is 8.90. The van der Waals surface area contributed by atoms with E-state index in [9.17, 15) is 18.3 Å².